The summed E-state index contributed by atoms with van der Waals surface area (Å²) in [5.41, 5.74) is -0.320. The first kappa shape index (κ1) is 14.0. The Morgan fingerprint density at radius 1 is 1.63 bits per heavy atom. The fraction of sp³-hybridized carbons (Fsp3) is 0.500. The summed E-state index contributed by atoms with van der Waals surface area (Å²) in [6.07, 6.45) is 0. The summed E-state index contributed by atoms with van der Waals surface area (Å²) in [6.45, 7) is 3.18. The molecule has 1 aromatic heterocycles. The number of hydrogen-bond acceptors (Lipinski definition) is 5. The van der Waals surface area contributed by atoms with Gasteiger partial charge in [0.2, 0.25) is 5.91 Å². The number of carboxylic acids is 1. The summed E-state index contributed by atoms with van der Waals surface area (Å²) in [7, 11) is 0. The van der Waals surface area contributed by atoms with Crippen LogP contribution in [0.15, 0.2) is 17.5 Å². The minimum atomic E-state index is -1.08. The maximum absolute atomic E-state index is 11.7. The summed E-state index contributed by atoms with van der Waals surface area (Å²) >= 11 is 1.29. The van der Waals surface area contributed by atoms with Crippen molar-refractivity contribution in [1.29, 1.82) is 0 Å². The first-order valence-electron chi connectivity index (χ1n) is 5.90. The first-order chi connectivity index (χ1) is 9.00. The highest BCUT2D eigenvalue weighted by Crippen LogP contribution is 2.19. The normalized spacial score (nSPS) is 18.4. The van der Waals surface area contributed by atoms with Crippen molar-refractivity contribution in [3.05, 3.63) is 22.4 Å². The van der Waals surface area contributed by atoms with Crippen molar-refractivity contribution in [2.45, 2.75) is 18.6 Å². The topological polar surface area (TPSA) is 87.7 Å². The van der Waals surface area contributed by atoms with E-state index in [4.69, 9.17) is 9.84 Å². The van der Waals surface area contributed by atoms with Crippen LogP contribution in [0.5, 0.6) is 0 Å². The van der Waals surface area contributed by atoms with Gasteiger partial charge in [0, 0.05) is 18.0 Å². The van der Waals surface area contributed by atoms with Crippen LogP contribution in [0.3, 0.4) is 0 Å². The number of thiophene rings is 1. The van der Waals surface area contributed by atoms with Crippen LogP contribution in [0.2, 0.25) is 0 Å². The molecular weight excluding hydrogens is 268 g/mol. The van der Waals surface area contributed by atoms with Crippen LogP contribution < -0.4 is 10.6 Å². The molecule has 0 aromatic carbocycles. The number of amides is 1. The third-order valence-electron chi connectivity index (χ3n) is 2.93. The summed E-state index contributed by atoms with van der Waals surface area (Å²) in [5, 5.41) is 16.4. The molecule has 1 aliphatic heterocycles. The molecule has 1 aromatic rings. The van der Waals surface area contributed by atoms with Crippen LogP contribution in [0.1, 0.15) is 17.8 Å². The monoisotopic (exact) mass is 284 g/mol. The van der Waals surface area contributed by atoms with E-state index in [9.17, 15) is 9.59 Å². The predicted molar refractivity (Wildman–Crippen MR) is 70.1 cm³/mol. The lowest BCUT2D eigenvalue weighted by Gasteiger charge is -2.38. The molecule has 7 heteroatoms. The molecule has 1 fully saturated rings. The molecule has 2 rings (SSSR count). The minimum Gasteiger partial charge on any atom is -0.479 e. The van der Waals surface area contributed by atoms with E-state index < -0.39 is 17.9 Å². The molecule has 0 aliphatic carbocycles. The van der Waals surface area contributed by atoms with Gasteiger partial charge in [0.15, 0.2) is 6.04 Å². The summed E-state index contributed by atoms with van der Waals surface area (Å²) in [4.78, 5) is 23.5. The van der Waals surface area contributed by atoms with Gasteiger partial charge in [-0.15, -0.1) is 11.3 Å². The average Bonchev–Trinajstić information content (AvgIpc) is 2.84. The van der Waals surface area contributed by atoms with Crippen LogP contribution in [0, 0.1) is 0 Å². The van der Waals surface area contributed by atoms with Gasteiger partial charge in [-0.3, -0.25) is 4.79 Å². The molecule has 19 heavy (non-hydrogen) atoms. The van der Waals surface area contributed by atoms with Crippen LogP contribution in [0.25, 0.3) is 0 Å². The second-order valence-electron chi connectivity index (χ2n) is 4.70. The van der Waals surface area contributed by atoms with Crippen LogP contribution >= 0.6 is 11.3 Å². The third-order valence-corrected chi connectivity index (χ3v) is 3.87. The highest BCUT2D eigenvalue weighted by atomic mass is 32.1. The average molecular weight is 284 g/mol. The Labute approximate surface area is 114 Å². The molecule has 0 spiro atoms. The predicted octanol–water partition coefficient (Wildman–Crippen LogP) is 0.368. The molecule has 1 atom stereocenters. The highest BCUT2D eigenvalue weighted by molar-refractivity contribution is 7.10. The van der Waals surface area contributed by atoms with E-state index >= 15 is 0 Å². The van der Waals surface area contributed by atoms with Gasteiger partial charge in [0.25, 0.3) is 0 Å². The molecule has 1 unspecified atom stereocenters. The zero-order valence-corrected chi connectivity index (χ0v) is 11.3. The SMILES string of the molecule is CC1(OCC(=O)NC(C(=O)O)c2cccs2)CNC1. The fourth-order valence-electron chi connectivity index (χ4n) is 1.73. The largest absolute Gasteiger partial charge is 0.479 e. The molecule has 0 radical (unpaired) electrons. The van der Waals surface area contributed by atoms with Gasteiger partial charge in [0.05, 0.1) is 5.60 Å². The van der Waals surface area contributed by atoms with E-state index in [2.05, 4.69) is 10.6 Å². The lowest BCUT2D eigenvalue weighted by atomic mass is 10.0. The molecular formula is C12H16N2O4S. The zero-order valence-electron chi connectivity index (χ0n) is 10.5. The third kappa shape index (κ3) is 3.52. The van der Waals surface area contributed by atoms with Gasteiger partial charge >= 0.3 is 5.97 Å². The zero-order chi connectivity index (χ0) is 13.9. The standard InChI is InChI=1S/C12H16N2O4S/c1-12(6-13-7-12)18-5-9(15)14-10(11(16)17)8-3-2-4-19-8/h2-4,10,13H,5-7H2,1H3,(H,14,15)(H,16,17). The Bertz CT molecular complexity index is 456. The molecule has 1 aliphatic rings. The molecule has 104 valence electrons. The van der Waals surface area contributed by atoms with Crippen molar-refractivity contribution in [1.82, 2.24) is 10.6 Å². The Morgan fingerprint density at radius 2 is 2.37 bits per heavy atom. The van der Waals surface area contributed by atoms with E-state index in [1.165, 1.54) is 11.3 Å². The second-order valence-corrected chi connectivity index (χ2v) is 5.68. The molecule has 0 saturated carbocycles. The smallest absolute Gasteiger partial charge is 0.331 e. The van der Waals surface area contributed by atoms with Crippen LogP contribution in [-0.4, -0.2) is 42.3 Å². The van der Waals surface area contributed by atoms with Gasteiger partial charge in [-0.2, -0.15) is 0 Å². The fourth-order valence-corrected chi connectivity index (χ4v) is 2.50. The quantitative estimate of drug-likeness (QED) is 0.702. The summed E-state index contributed by atoms with van der Waals surface area (Å²) in [5.74, 6) is -1.50. The summed E-state index contributed by atoms with van der Waals surface area (Å²) in [6, 6.07) is 2.42. The molecule has 3 N–H and O–H groups in total. The number of aliphatic carboxylic acids is 1. The molecule has 1 saturated heterocycles. The maximum Gasteiger partial charge on any atom is 0.331 e. The van der Waals surface area contributed by atoms with Gasteiger partial charge < -0.3 is 20.5 Å². The number of rotatable bonds is 6. The van der Waals surface area contributed by atoms with Gasteiger partial charge in [0.1, 0.15) is 6.61 Å². The van der Waals surface area contributed by atoms with E-state index in [0.717, 1.165) is 0 Å². The van der Waals surface area contributed by atoms with Gasteiger partial charge in [-0.1, -0.05) is 6.07 Å². The van der Waals surface area contributed by atoms with Crippen LogP contribution in [-0.2, 0) is 14.3 Å². The maximum atomic E-state index is 11.7. The Hall–Kier alpha value is -1.44. The van der Waals surface area contributed by atoms with E-state index in [-0.39, 0.29) is 12.2 Å². The van der Waals surface area contributed by atoms with Gasteiger partial charge in [-0.05, 0) is 18.4 Å². The highest BCUT2D eigenvalue weighted by Gasteiger charge is 2.33. The van der Waals surface area contributed by atoms with E-state index in [1.54, 1.807) is 17.5 Å². The number of carboxylic acid groups (broad SMARTS) is 1. The first-order valence-corrected chi connectivity index (χ1v) is 6.78. The van der Waals surface area contributed by atoms with Crippen LogP contribution in [0.4, 0.5) is 0 Å². The van der Waals surface area contributed by atoms with Gasteiger partial charge in [-0.25, -0.2) is 4.79 Å². The molecule has 2 heterocycles. The molecule has 0 bridgehead atoms. The Morgan fingerprint density at radius 3 is 2.84 bits per heavy atom. The lowest BCUT2D eigenvalue weighted by molar-refractivity contribution is -0.145. The van der Waals surface area contributed by atoms with Crippen molar-refractivity contribution in [2.24, 2.45) is 0 Å². The molecule has 1 amide bonds. The number of ether oxygens (including phenoxy) is 1. The van der Waals surface area contributed by atoms with Crippen molar-refractivity contribution >= 4 is 23.2 Å². The Balaban J connectivity index is 1.87. The number of carbonyl (C=O) groups is 2. The van der Waals surface area contributed by atoms with Crippen molar-refractivity contribution < 1.29 is 19.4 Å². The van der Waals surface area contributed by atoms with Crippen molar-refractivity contribution in [3.8, 4) is 0 Å². The summed E-state index contributed by atoms with van der Waals surface area (Å²) < 4.78 is 5.46. The number of carbonyl (C=O) groups excluding carboxylic acids is 1. The van der Waals surface area contributed by atoms with Crippen molar-refractivity contribution in [3.63, 3.8) is 0 Å². The van der Waals surface area contributed by atoms with E-state index in [1.807, 2.05) is 6.92 Å². The molecule has 6 nitrogen and oxygen atoms in total. The number of nitrogens with one attached hydrogen (secondary N) is 2. The second kappa shape index (κ2) is 5.68. The minimum absolute atomic E-state index is 0.132. The van der Waals surface area contributed by atoms with Crippen molar-refractivity contribution in [2.75, 3.05) is 19.7 Å². The lowest BCUT2D eigenvalue weighted by Crippen LogP contribution is -2.59. The van der Waals surface area contributed by atoms with E-state index in [0.29, 0.717) is 18.0 Å². The number of hydrogen-bond donors (Lipinski definition) is 3. The Kier molecular flexibility index (Phi) is 4.18.